The molecule has 3 rings (SSSR count). The van der Waals surface area contributed by atoms with E-state index in [4.69, 9.17) is 0 Å². The summed E-state index contributed by atoms with van der Waals surface area (Å²) in [5, 5.41) is 2.95. The Morgan fingerprint density at radius 1 is 1.25 bits per heavy atom. The van der Waals surface area contributed by atoms with Crippen molar-refractivity contribution in [2.75, 3.05) is 17.3 Å². The molecule has 3 unspecified atom stereocenters. The molecule has 1 aliphatic rings. The molecule has 3 atom stereocenters. The van der Waals surface area contributed by atoms with Crippen LogP contribution in [0.2, 0.25) is 0 Å². The van der Waals surface area contributed by atoms with E-state index in [1.807, 2.05) is 61.5 Å². The van der Waals surface area contributed by atoms with Gasteiger partial charge in [0, 0.05) is 40.8 Å². The molecule has 32 heavy (non-hydrogen) atoms. The van der Waals surface area contributed by atoms with Crippen LogP contribution in [-0.4, -0.2) is 19.0 Å². The fourth-order valence-electron chi connectivity index (χ4n) is 4.36. The van der Waals surface area contributed by atoms with Crippen molar-refractivity contribution in [1.29, 1.82) is 0 Å². The molecule has 0 bridgehead atoms. The molecule has 0 spiro atoms. The first-order valence-corrected chi connectivity index (χ1v) is 11.3. The number of amides is 1. The molecule has 0 aromatic heterocycles. The molecular formula is C28H32N2OS. The Morgan fingerprint density at radius 3 is 2.69 bits per heavy atom. The molecule has 1 N–H and O–H groups in total. The van der Waals surface area contributed by atoms with Gasteiger partial charge in [-0.25, -0.2) is 0 Å². The number of allylic oxidation sites excluding steroid dienone is 6. The van der Waals surface area contributed by atoms with E-state index in [2.05, 4.69) is 68.2 Å². The van der Waals surface area contributed by atoms with Crippen molar-refractivity contribution in [3.8, 4) is 0 Å². The van der Waals surface area contributed by atoms with E-state index in [-0.39, 0.29) is 11.8 Å². The second-order valence-electron chi connectivity index (χ2n) is 8.33. The second-order valence-corrected chi connectivity index (χ2v) is 8.85. The smallest absolute Gasteiger partial charge is 0.255 e. The van der Waals surface area contributed by atoms with Crippen LogP contribution in [-0.2, 0) is 0 Å². The molecule has 0 saturated heterocycles. The highest BCUT2D eigenvalue weighted by molar-refractivity contribution is 7.80. The number of carbonyl (C=O) groups excluding carboxylic acids is 1. The van der Waals surface area contributed by atoms with Crippen molar-refractivity contribution in [3.63, 3.8) is 0 Å². The van der Waals surface area contributed by atoms with Crippen LogP contribution in [0.25, 0.3) is 0 Å². The van der Waals surface area contributed by atoms with Crippen LogP contribution in [0, 0.1) is 11.8 Å². The van der Waals surface area contributed by atoms with Gasteiger partial charge >= 0.3 is 0 Å². The average molecular weight is 445 g/mol. The highest BCUT2D eigenvalue weighted by Gasteiger charge is 2.46. The van der Waals surface area contributed by atoms with Crippen LogP contribution in [0.3, 0.4) is 0 Å². The third-order valence-corrected chi connectivity index (χ3v) is 6.28. The summed E-state index contributed by atoms with van der Waals surface area (Å²) < 4.78 is 0. The molecule has 0 aliphatic heterocycles. The van der Waals surface area contributed by atoms with Crippen molar-refractivity contribution < 1.29 is 4.79 Å². The van der Waals surface area contributed by atoms with Gasteiger partial charge in [-0.15, -0.1) is 12.6 Å². The molecule has 0 heterocycles. The Balaban J connectivity index is 1.75. The molecule has 2 aromatic carbocycles. The van der Waals surface area contributed by atoms with Crippen molar-refractivity contribution >= 4 is 29.9 Å². The quantitative estimate of drug-likeness (QED) is 0.324. The Hall–Kier alpha value is -2.98. The number of benzene rings is 2. The molecule has 0 radical (unpaired) electrons. The zero-order chi connectivity index (χ0) is 23.3. The summed E-state index contributed by atoms with van der Waals surface area (Å²) in [6.45, 7) is 12.4. The van der Waals surface area contributed by atoms with Gasteiger partial charge in [0.1, 0.15) is 0 Å². The van der Waals surface area contributed by atoms with Crippen LogP contribution in [0.5, 0.6) is 0 Å². The SMILES string of the molecule is C=C/C=C(\C)C(C(=C)/C=C\C)C1CC1N(C)c1cccc(C(=O)Nc2cccc(S)c2)c1. The lowest BCUT2D eigenvalue weighted by Crippen LogP contribution is -2.24. The van der Waals surface area contributed by atoms with Gasteiger partial charge < -0.3 is 10.2 Å². The van der Waals surface area contributed by atoms with E-state index in [1.165, 1.54) is 5.57 Å². The van der Waals surface area contributed by atoms with Crippen molar-refractivity contribution in [2.24, 2.45) is 11.8 Å². The van der Waals surface area contributed by atoms with E-state index >= 15 is 0 Å². The molecule has 1 aliphatic carbocycles. The molecule has 1 amide bonds. The number of nitrogens with one attached hydrogen (secondary N) is 1. The van der Waals surface area contributed by atoms with E-state index in [9.17, 15) is 4.79 Å². The molecule has 166 valence electrons. The Morgan fingerprint density at radius 2 is 2.00 bits per heavy atom. The summed E-state index contributed by atoms with van der Waals surface area (Å²) in [5.41, 5.74) is 4.81. The lowest BCUT2D eigenvalue weighted by atomic mass is 9.87. The molecule has 1 saturated carbocycles. The van der Waals surface area contributed by atoms with Gasteiger partial charge in [-0.3, -0.25) is 4.79 Å². The minimum Gasteiger partial charge on any atom is -0.371 e. The molecular weight excluding hydrogens is 412 g/mol. The fourth-order valence-corrected chi connectivity index (χ4v) is 4.59. The number of hydrogen-bond donors (Lipinski definition) is 2. The van der Waals surface area contributed by atoms with Crippen LogP contribution in [0.1, 0.15) is 30.6 Å². The molecule has 3 nitrogen and oxygen atoms in total. The van der Waals surface area contributed by atoms with E-state index in [0.29, 0.717) is 17.5 Å². The van der Waals surface area contributed by atoms with E-state index < -0.39 is 0 Å². The first-order chi connectivity index (χ1) is 15.3. The van der Waals surface area contributed by atoms with Gasteiger partial charge in [0.15, 0.2) is 0 Å². The minimum absolute atomic E-state index is 0.129. The van der Waals surface area contributed by atoms with E-state index in [0.717, 1.165) is 28.3 Å². The summed E-state index contributed by atoms with van der Waals surface area (Å²) in [6, 6.07) is 15.6. The van der Waals surface area contributed by atoms with Gasteiger partial charge in [0.05, 0.1) is 0 Å². The highest BCUT2D eigenvalue weighted by atomic mass is 32.1. The van der Waals surface area contributed by atoms with Gasteiger partial charge in [-0.2, -0.15) is 0 Å². The van der Waals surface area contributed by atoms with Crippen LogP contribution in [0.4, 0.5) is 11.4 Å². The standard InChI is InChI=1S/C28H32N2OS/c1-6-10-19(3)27(20(4)11-7-2)25-18-26(25)30(5)23-14-8-12-21(16-23)28(31)29-22-13-9-15-24(32)17-22/h6-17,25-27,32H,1,4,18H2,2-3,5H3,(H,29,31)/b11-7-,19-10+. The van der Waals surface area contributed by atoms with E-state index in [1.54, 1.807) is 0 Å². The third-order valence-electron chi connectivity index (χ3n) is 6.00. The maximum atomic E-state index is 12.8. The monoisotopic (exact) mass is 444 g/mol. The van der Waals surface area contributed by atoms with Crippen LogP contribution < -0.4 is 10.2 Å². The normalized spacial score (nSPS) is 18.8. The maximum Gasteiger partial charge on any atom is 0.255 e. The van der Waals surface area contributed by atoms with Crippen LogP contribution in [0.15, 0.2) is 102 Å². The topological polar surface area (TPSA) is 32.3 Å². The lowest BCUT2D eigenvalue weighted by molar-refractivity contribution is 0.102. The largest absolute Gasteiger partial charge is 0.371 e. The Kier molecular flexibility index (Phi) is 7.81. The van der Waals surface area contributed by atoms with Crippen LogP contribution >= 0.6 is 12.6 Å². The fraction of sp³-hybridized carbons (Fsp3) is 0.250. The zero-order valence-electron chi connectivity index (χ0n) is 19.1. The van der Waals surface area contributed by atoms with Crippen molar-refractivity contribution in [3.05, 3.63) is 103 Å². The molecule has 4 heteroatoms. The summed E-state index contributed by atoms with van der Waals surface area (Å²) >= 11 is 4.34. The predicted octanol–water partition coefficient (Wildman–Crippen LogP) is 6.93. The number of thiol groups is 1. The second kappa shape index (κ2) is 10.6. The van der Waals surface area contributed by atoms with Gasteiger partial charge in [-0.05, 0) is 68.2 Å². The maximum absolute atomic E-state index is 12.8. The number of hydrogen-bond acceptors (Lipinski definition) is 3. The number of anilines is 2. The Bertz CT molecular complexity index is 1070. The van der Waals surface area contributed by atoms with Crippen molar-refractivity contribution in [2.45, 2.75) is 31.2 Å². The minimum atomic E-state index is -0.129. The molecule has 1 fully saturated rings. The average Bonchev–Trinajstić information content (AvgIpc) is 3.54. The third kappa shape index (κ3) is 5.63. The number of nitrogens with zero attached hydrogens (tertiary/aromatic N) is 1. The summed E-state index contributed by atoms with van der Waals surface area (Å²) in [6.07, 6.45) is 9.16. The van der Waals surface area contributed by atoms with Gasteiger partial charge in [0.25, 0.3) is 5.91 Å². The summed E-state index contributed by atoms with van der Waals surface area (Å²) in [7, 11) is 2.11. The Labute approximate surface area is 197 Å². The summed E-state index contributed by atoms with van der Waals surface area (Å²) in [5.74, 6) is 0.641. The highest BCUT2D eigenvalue weighted by Crippen LogP contribution is 2.48. The van der Waals surface area contributed by atoms with Gasteiger partial charge in [-0.1, -0.05) is 55.2 Å². The first-order valence-electron chi connectivity index (χ1n) is 10.9. The predicted molar refractivity (Wildman–Crippen MR) is 140 cm³/mol. The zero-order valence-corrected chi connectivity index (χ0v) is 20.0. The molecule has 2 aromatic rings. The lowest BCUT2D eigenvalue weighted by Gasteiger charge is -2.24. The van der Waals surface area contributed by atoms with Gasteiger partial charge in [0.2, 0.25) is 0 Å². The number of carbonyl (C=O) groups is 1. The van der Waals surface area contributed by atoms with Crippen molar-refractivity contribution in [1.82, 2.24) is 0 Å². The first kappa shape index (κ1) is 23.7. The summed E-state index contributed by atoms with van der Waals surface area (Å²) in [4.78, 5) is 15.9. The number of rotatable bonds is 9.